The zero-order valence-electron chi connectivity index (χ0n) is 12.4. The van der Waals surface area contributed by atoms with Crippen LogP contribution >= 0.6 is 11.3 Å². The van der Waals surface area contributed by atoms with Crippen LogP contribution in [0.2, 0.25) is 0 Å². The molecule has 0 aliphatic carbocycles. The number of pyridine rings is 1. The third-order valence-corrected chi connectivity index (χ3v) is 5.72. The van der Waals surface area contributed by atoms with E-state index in [1.807, 2.05) is 23.6 Å². The monoisotopic (exact) mass is 345 g/mol. The van der Waals surface area contributed by atoms with Crippen molar-refractivity contribution in [1.29, 1.82) is 0 Å². The highest BCUT2D eigenvalue weighted by Gasteiger charge is 2.16. The summed E-state index contributed by atoms with van der Waals surface area (Å²) < 4.78 is 27.3. The van der Waals surface area contributed by atoms with E-state index in [9.17, 15) is 8.42 Å². The van der Waals surface area contributed by atoms with E-state index >= 15 is 0 Å². The van der Waals surface area contributed by atoms with E-state index in [2.05, 4.69) is 14.7 Å². The Labute approximate surface area is 139 Å². The van der Waals surface area contributed by atoms with Gasteiger partial charge in [0.05, 0.1) is 17.1 Å². The van der Waals surface area contributed by atoms with Crippen molar-refractivity contribution < 1.29 is 8.42 Å². The van der Waals surface area contributed by atoms with Crippen LogP contribution in [0.15, 0.2) is 59.1 Å². The second-order valence-corrected chi connectivity index (χ2v) is 7.64. The molecule has 2 heterocycles. The first-order chi connectivity index (χ1) is 11.1. The molecule has 7 heteroatoms. The van der Waals surface area contributed by atoms with Gasteiger partial charge in [0.25, 0.3) is 0 Å². The predicted molar refractivity (Wildman–Crippen MR) is 90.5 cm³/mol. The average Bonchev–Trinajstić information content (AvgIpc) is 3.03. The van der Waals surface area contributed by atoms with Crippen LogP contribution in [0, 0.1) is 6.92 Å². The van der Waals surface area contributed by atoms with Gasteiger partial charge in [-0.15, -0.1) is 11.3 Å². The molecular weight excluding hydrogens is 330 g/mol. The Bertz CT molecular complexity index is 906. The second-order valence-electron chi connectivity index (χ2n) is 4.96. The zero-order chi connectivity index (χ0) is 16.3. The summed E-state index contributed by atoms with van der Waals surface area (Å²) in [6.07, 6.45) is 3.43. The number of benzene rings is 1. The van der Waals surface area contributed by atoms with Crippen molar-refractivity contribution in [2.45, 2.75) is 18.4 Å². The molecule has 0 aliphatic heterocycles. The fourth-order valence-electron chi connectivity index (χ4n) is 2.13. The minimum atomic E-state index is -3.54. The highest BCUT2D eigenvalue weighted by molar-refractivity contribution is 7.89. The number of hydrogen-bond acceptors (Lipinski definition) is 5. The molecule has 3 aromatic rings. The number of aromatic nitrogens is 2. The molecule has 0 saturated carbocycles. The first-order valence-corrected chi connectivity index (χ1v) is 9.32. The Hall–Kier alpha value is -2.09. The standard InChI is InChI=1S/C16H15N3O2S2/c1-12-5-2-3-7-15(12)23(20,21)18-10-16-19-14(11-22-16)13-6-4-8-17-9-13/h2-9,11,18H,10H2,1H3. The Morgan fingerprint density at radius 1 is 1.17 bits per heavy atom. The molecule has 0 aliphatic rings. The van der Waals surface area contributed by atoms with Crippen LogP contribution < -0.4 is 4.72 Å². The van der Waals surface area contributed by atoms with Crippen LogP contribution in [-0.2, 0) is 16.6 Å². The molecule has 23 heavy (non-hydrogen) atoms. The van der Waals surface area contributed by atoms with Crippen molar-refractivity contribution >= 4 is 21.4 Å². The Kier molecular flexibility index (Phi) is 4.51. The molecule has 0 radical (unpaired) electrons. The van der Waals surface area contributed by atoms with Crippen molar-refractivity contribution in [2.75, 3.05) is 0 Å². The van der Waals surface area contributed by atoms with Crippen molar-refractivity contribution in [3.05, 3.63) is 64.7 Å². The molecule has 0 spiro atoms. The van der Waals surface area contributed by atoms with Gasteiger partial charge in [0, 0.05) is 23.3 Å². The molecular formula is C16H15N3O2S2. The van der Waals surface area contributed by atoms with Crippen molar-refractivity contribution in [2.24, 2.45) is 0 Å². The minimum Gasteiger partial charge on any atom is -0.264 e. The number of aryl methyl sites for hydroxylation is 1. The maximum absolute atomic E-state index is 12.4. The summed E-state index contributed by atoms with van der Waals surface area (Å²) in [4.78, 5) is 8.80. The number of nitrogens with one attached hydrogen (secondary N) is 1. The largest absolute Gasteiger partial charge is 0.264 e. The minimum absolute atomic E-state index is 0.168. The van der Waals surface area contributed by atoms with Gasteiger partial charge in [-0.3, -0.25) is 4.98 Å². The molecule has 0 saturated heterocycles. The lowest BCUT2D eigenvalue weighted by atomic mass is 10.2. The van der Waals surface area contributed by atoms with Gasteiger partial charge in [0.15, 0.2) is 0 Å². The molecule has 3 rings (SSSR count). The third kappa shape index (κ3) is 3.64. The predicted octanol–water partition coefficient (Wildman–Crippen LogP) is 2.99. The molecule has 5 nitrogen and oxygen atoms in total. The van der Waals surface area contributed by atoms with E-state index < -0.39 is 10.0 Å². The van der Waals surface area contributed by atoms with Gasteiger partial charge in [-0.1, -0.05) is 18.2 Å². The number of nitrogens with zero attached hydrogens (tertiary/aromatic N) is 2. The Morgan fingerprint density at radius 2 is 2.00 bits per heavy atom. The summed E-state index contributed by atoms with van der Waals surface area (Å²) in [5.74, 6) is 0. The first-order valence-electron chi connectivity index (χ1n) is 6.96. The molecule has 0 unspecified atom stereocenters. The van der Waals surface area contributed by atoms with E-state index in [-0.39, 0.29) is 6.54 Å². The van der Waals surface area contributed by atoms with Crippen LogP contribution in [0.5, 0.6) is 0 Å². The lowest BCUT2D eigenvalue weighted by Crippen LogP contribution is -2.23. The van der Waals surface area contributed by atoms with Crippen molar-refractivity contribution in [1.82, 2.24) is 14.7 Å². The van der Waals surface area contributed by atoms with Gasteiger partial charge in [0.2, 0.25) is 10.0 Å². The number of hydrogen-bond donors (Lipinski definition) is 1. The fraction of sp³-hybridized carbons (Fsp3) is 0.125. The Morgan fingerprint density at radius 3 is 2.74 bits per heavy atom. The van der Waals surface area contributed by atoms with E-state index in [1.165, 1.54) is 11.3 Å². The van der Waals surface area contributed by atoms with Gasteiger partial charge in [-0.2, -0.15) is 0 Å². The van der Waals surface area contributed by atoms with Gasteiger partial charge in [-0.05, 0) is 30.7 Å². The van der Waals surface area contributed by atoms with Gasteiger partial charge in [-0.25, -0.2) is 18.1 Å². The molecule has 118 valence electrons. The fourth-order valence-corrected chi connectivity index (χ4v) is 4.20. The molecule has 1 N–H and O–H groups in total. The van der Waals surface area contributed by atoms with E-state index in [0.29, 0.717) is 9.90 Å². The highest BCUT2D eigenvalue weighted by Crippen LogP contribution is 2.21. The normalized spacial score (nSPS) is 11.5. The summed E-state index contributed by atoms with van der Waals surface area (Å²) in [5, 5.41) is 2.61. The average molecular weight is 345 g/mol. The highest BCUT2D eigenvalue weighted by atomic mass is 32.2. The van der Waals surface area contributed by atoms with Gasteiger partial charge in [0.1, 0.15) is 5.01 Å². The topological polar surface area (TPSA) is 72.0 Å². The smallest absolute Gasteiger partial charge is 0.241 e. The lowest BCUT2D eigenvalue weighted by Gasteiger charge is -2.07. The number of rotatable bonds is 5. The summed E-state index contributed by atoms with van der Waals surface area (Å²) in [6, 6.07) is 10.7. The van der Waals surface area contributed by atoms with Crippen molar-refractivity contribution in [3.63, 3.8) is 0 Å². The zero-order valence-corrected chi connectivity index (χ0v) is 14.1. The van der Waals surface area contributed by atoms with Crippen LogP contribution in [-0.4, -0.2) is 18.4 Å². The molecule has 0 fully saturated rings. The molecule has 0 amide bonds. The molecule has 0 atom stereocenters. The van der Waals surface area contributed by atoms with E-state index in [1.54, 1.807) is 37.5 Å². The molecule has 2 aromatic heterocycles. The second kappa shape index (κ2) is 6.57. The number of sulfonamides is 1. The SMILES string of the molecule is Cc1ccccc1S(=O)(=O)NCc1nc(-c2cccnc2)cs1. The van der Waals surface area contributed by atoms with E-state index in [4.69, 9.17) is 0 Å². The summed E-state index contributed by atoms with van der Waals surface area (Å²) in [6.45, 7) is 1.94. The van der Waals surface area contributed by atoms with Crippen LogP contribution in [0.1, 0.15) is 10.6 Å². The first kappa shape index (κ1) is 15.8. The van der Waals surface area contributed by atoms with Crippen LogP contribution in [0.25, 0.3) is 11.3 Å². The van der Waals surface area contributed by atoms with Gasteiger partial charge < -0.3 is 0 Å². The maximum Gasteiger partial charge on any atom is 0.241 e. The summed E-state index contributed by atoms with van der Waals surface area (Å²) >= 11 is 1.42. The quantitative estimate of drug-likeness (QED) is 0.771. The van der Waals surface area contributed by atoms with Crippen LogP contribution in [0.4, 0.5) is 0 Å². The summed E-state index contributed by atoms with van der Waals surface area (Å²) in [7, 11) is -3.54. The number of thiazole rings is 1. The van der Waals surface area contributed by atoms with Gasteiger partial charge >= 0.3 is 0 Å². The molecule has 0 bridgehead atoms. The van der Waals surface area contributed by atoms with Crippen LogP contribution in [0.3, 0.4) is 0 Å². The van der Waals surface area contributed by atoms with E-state index in [0.717, 1.165) is 16.8 Å². The Balaban J connectivity index is 1.74. The van der Waals surface area contributed by atoms with Crippen molar-refractivity contribution in [3.8, 4) is 11.3 Å². The third-order valence-electron chi connectivity index (χ3n) is 3.31. The molecule has 1 aromatic carbocycles. The maximum atomic E-state index is 12.4. The summed E-state index contributed by atoms with van der Waals surface area (Å²) in [5.41, 5.74) is 2.43. The lowest BCUT2D eigenvalue weighted by molar-refractivity contribution is 0.580.